The Bertz CT molecular complexity index is 344. The molecule has 0 amide bonds. The summed E-state index contributed by atoms with van der Waals surface area (Å²) in [4.78, 5) is 0. The number of rotatable bonds is 7. The minimum Gasteiger partial charge on any atom is -0.595 e. The van der Waals surface area contributed by atoms with Crippen LogP contribution in [0, 0.1) is 5.21 Å². The van der Waals surface area contributed by atoms with Crippen LogP contribution in [0.15, 0.2) is 18.2 Å². The zero-order chi connectivity index (χ0) is 12.7. The highest BCUT2D eigenvalue weighted by atomic mass is 16.8. The van der Waals surface area contributed by atoms with Crippen molar-refractivity contribution in [2.75, 3.05) is 26.4 Å². The Kier molecular flexibility index (Phi) is 5.67. The highest BCUT2D eigenvalue weighted by Crippen LogP contribution is 2.29. The van der Waals surface area contributed by atoms with Crippen LogP contribution in [-0.2, 0) is 0 Å². The molecular weight excluding hydrogens is 230 g/mol. The van der Waals surface area contributed by atoms with E-state index >= 15 is 0 Å². The van der Waals surface area contributed by atoms with Gasteiger partial charge in [-0.3, -0.25) is 0 Å². The van der Waals surface area contributed by atoms with E-state index in [0.29, 0.717) is 5.75 Å². The van der Waals surface area contributed by atoms with Crippen molar-refractivity contribution in [1.29, 1.82) is 0 Å². The first-order chi connectivity index (χ1) is 8.19. The van der Waals surface area contributed by atoms with Crippen molar-refractivity contribution in [2.45, 2.75) is 0 Å². The predicted molar refractivity (Wildman–Crippen MR) is 57.4 cm³/mol. The fourth-order valence-electron chi connectivity index (χ4n) is 1.18. The van der Waals surface area contributed by atoms with Crippen molar-refractivity contribution in [1.82, 2.24) is 0 Å². The van der Waals surface area contributed by atoms with E-state index in [-0.39, 0.29) is 37.9 Å². The van der Waals surface area contributed by atoms with Crippen molar-refractivity contribution in [3.05, 3.63) is 23.4 Å². The smallest absolute Gasteiger partial charge is 0.167 e. The molecule has 0 saturated heterocycles. The Morgan fingerprint density at radius 2 is 1.65 bits per heavy atom. The number of hydrogen-bond acceptors (Lipinski definition) is 6. The van der Waals surface area contributed by atoms with Crippen molar-refractivity contribution in [3.8, 4) is 11.5 Å². The molecule has 96 valence electrons. The van der Waals surface area contributed by atoms with E-state index in [9.17, 15) is 5.21 Å². The Hall–Kier alpha value is -1.38. The van der Waals surface area contributed by atoms with E-state index in [1.807, 2.05) is 0 Å². The lowest BCUT2D eigenvalue weighted by atomic mass is 10.3. The average molecular weight is 245 g/mol. The van der Waals surface area contributed by atoms with Crippen LogP contribution in [0.2, 0.25) is 0 Å². The van der Waals surface area contributed by atoms with Crippen LogP contribution in [0.4, 0.5) is 5.69 Å². The normalized spacial score (nSPS) is 12.2. The van der Waals surface area contributed by atoms with E-state index in [0.717, 1.165) is 0 Å². The minimum atomic E-state index is -1.08. The van der Waals surface area contributed by atoms with Gasteiger partial charge in [0.25, 0.3) is 0 Å². The molecule has 7 heteroatoms. The van der Waals surface area contributed by atoms with Crippen LogP contribution in [0.3, 0.4) is 0 Å². The van der Waals surface area contributed by atoms with Crippen molar-refractivity contribution >= 4 is 5.69 Å². The lowest BCUT2D eigenvalue weighted by molar-refractivity contribution is -0.991. The van der Waals surface area contributed by atoms with E-state index in [1.54, 1.807) is 0 Å². The van der Waals surface area contributed by atoms with E-state index in [2.05, 4.69) is 0 Å². The molecule has 17 heavy (non-hydrogen) atoms. The number of nitrogens with one attached hydrogen (secondary N) is 1. The highest BCUT2D eigenvalue weighted by molar-refractivity contribution is 5.48. The molecule has 1 rings (SSSR count). The number of aliphatic hydroxyl groups is 2. The molecule has 4 N–H and O–H groups in total. The Balaban J connectivity index is 2.86. The van der Waals surface area contributed by atoms with E-state index in [1.165, 1.54) is 18.2 Å². The molecule has 0 saturated carbocycles. The summed E-state index contributed by atoms with van der Waals surface area (Å²) < 4.78 is 10.3. The molecule has 0 aliphatic carbocycles. The van der Waals surface area contributed by atoms with Crippen LogP contribution in [0.1, 0.15) is 0 Å². The second kappa shape index (κ2) is 7.05. The van der Waals surface area contributed by atoms with Gasteiger partial charge in [0.1, 0.15) is 13.2 Å². The van der Waals surface area contributed by atoms with Gasteiger partial charge in [-0.05, 0) is 6.07 Å². The van der Waals surface area contributed by atoms with Crippen LogP contribution < -0.4 is 14.7 Å². The molecule has 0 aliphatic rings. The second-order valence-electron chi connectivity index (χ2n) is 3.11. The predicted octanol–water partition coefficient (Wildman–Crippen LogP) is -1.17. The lowest BCUT2D eigenvalue weighted by Gasteiger charge is -2.15. The molecule has 1 unspecified atom stereocenters. The van der Waals surface area contributed by atoms with Gasteiger partial charge in [0.15, 0.2) is 17.2 Å². The number of aliphatic hydroxyl groups excluding tert-OH is 2. The Labute approximate surface area is 98.0 Å². The summed E-state index contributed by atoms with van der Waals surface area (Å²) in [6, 6.07) is 4.14. The van der Waals surface area contributed by atoms with Gasteiger partial charge >= 0.3 is 0 Å². The highest BCUT2D eigenvalue weighted by Gasteiger charge is 2.10. The summed E-state index contributed by atoms with van der Waals surface area (Å²) in [7, 11) is 0. The van der Waals surface area contributed by atoms with Crippen LogP contribution >= 0.6 is 0 Å². The number of ether oxygens (including phenoxy) is 2. The fourth-order valence-corrected chi connectivity index (χ4v) is 1.18. The SMILES string of the molecule is [O-][NH+](O)c1ccc(OCCO)c(OCCO)c1. The topological polar surface area (TPSA) is 107 Å². The first-order valence-electron chi connectivity index (χ1n) is 5.03. The van der Waals surface area contributed by atoms with Gasteiger partial charge in [-0.25, -0.2) is 5.21 Å². The van der Waals surface area contributed by atoms with Gasteiger partial charge in [-0.15, -0.1) is 0 Å². The molecule has 0 aromatic heterocycles. The summed E-state index contributed by atoms with van der Waals surface area (Å²) in [6.45, 7) is -0.211. The van der Waals surface area contributed by atoms with E-state index < -0.39 is 5.23 Å². The third-order valence-corrected chi connectivity index (χ3v) is 1.89. The molecule has 0 heterocycles. The Morgan fingerprint density at radius 1 is 1.06 bits per heavy atom. The van der Waals surface area contributed by atoms with Crippen LogP contribution in [-0.4, -0.2) is 41.8 Å². The Morgan fingerprint density at radius 3 is 2.18 bits per heavy atom. The van der Waals surface area contributed by atoms with Gasteiger partial charge in [0.2, 0.25) is 0 Å². The maximum Gasteiger partial charge on any atom is 0.167 e. The number of quaternary nitrogens is 1. The standard InChI is InChI=1S/C10H15NO6/c12-3-5-16-9-2-1-8(11(14)15)7-10(9)17-6-4-13/h1-2,7,11-14H,3-6H2. The monoisotopic (exact) mass is 245 g/mol. The maximum absolute atomic E-state index is 10.8. The van der Waals surface area contributed by atoms with Gasteiger partial charge in [-0.2, -0.15) is 5.23 Å². The fraction of sp³-hybridized carbons (Fsp3) is 0.400. The molecule has 1 aromatic rings. The number of benzene rings is 1. The van der Waals surface area contributed by atoms with Gasteiger partial charge < -0.3 is 24.9 Å². The molecule has 0 radical (unpaired) electrons. The van der Waals surface area contributed by atoms with Crippen molar-refractivity contribution < 1.29 is 30.1 Å². The summed E-state index contributed by atoms with van der Waals surface area (Å²) >= 11 is 0. The first-order valence-corrected chi connectivity index (χ1v) is 5.03. The van der Waals surface area contributed by atoms with Gasteiger partial charge in [-0.1, -0.05) is 0 Å². The number of hydrogen-bond donors (Lipinski definition) is 4. The summed E-state index contributed by atoms with van der Waals surface area (Å²) in [5.41, 5.74) is 0.0642. The first kappa shape index (κ1) is 13.7. The molecule has 0 bridgehead atoms. The summed E-state index contributed by atoms with van der Waals surface area (Å²) in [6.07, 6.45) is 0. The molecule has 0 aliphatic heterocycles. The van der Waals surface area contributed by atoms with Crippen LogP contribution in [0.25, 0.3) is 0 Å². The van der Waals surface area contributed by atoms with Crippen molar-refractivity contribution in [3.63, 3.8) is 0 Å². The third-order valence-electron chi connectivity index (χ3n) is 1.89. The second-order valence-corrected chi connectivity index (χ2v) is 3.11. The lowest BCUT2D eigenvalue weighted by Crippen LogP contribution is -2.99. The van der Waals surface area contributed by atoms with Crippen LogP contribution in [0.5, 0.6) is 11.5 Å². The zero-order valence-electron chi connectivity index (χ0n) is 9.13. The third kappa shape index (κ3) is 4.17. The molecule has 7 nitrogen and oxygen atoms in total. The average Bonchev–Trinajstić information content (AvgIpc) is 2.34. The quantitative estimate of drug-likeness (QED) is 0.451. The summed E-state index contributed by atoms with van der Waals surface area (Å²) in [5, 5.41) is 35.8. The largest absolute Gasteiger partial charge is 0.595 e. The van der Waals surface area contributed by atoms with E-state index in [4.69, 9.17) is 24.9 Å². The van der Waals surface area contributed by atoms with Gasteiger partial charge in [0.05, 0.1) is 13.2 Å². The minimum absolute atomic E-state index is 0.0402. The molecule has 1 aromatic carbocycles. The molecule has 0 fully saturated rings. The molecule has 0 spiro atoms. The zero-order valence-corrected chi connectivity index (χ0v) is 9.13. The van der Waals surface area contributed by atoms with Gasteiger partial charge in [0, 0.05) is 12.1 Å². The van der Waals surface area contributed by atoms with Crippen molar-refractivity contribution in [2.24, 2.45) is 0 Å². The summed E-state index contributed by atoms with van der Waals surface area (Å²) in [5.74, 6) is 0.560. The molecule has 1 atom stereocenters. The maximum atomic E-state index is 10.8. The molecular formula is C10H15NO6.